The average Bonchev–Trinajstić information content (AvgIpc) is 2.36. The molecular formula is C14H22N2OS. The Balaban J connectivity index is 2.22. The lowest BCUT2D eigenvalue weighted by Crippen LogP contribution is -2.25. The molecule has 4 heteroatoms. The summed E-state index contributed by atoms with van der Waals surface area (Å²) in [6, 6.07) is 8.19. The van der Waals surface area contributed by atoms with Crippen molar-refractivity contribution in [1.29, 1.82) is 0 Å². The molecule has 0 heterocycles. The molecule has 100 valence electrons. The lowest BCUT2D eigenvalue weighted by molar-refractivity contribution is -0.118. The quantitative estimate of drug-likeness (QED) is 0.794. The summed E-state index contributed by atoms with van der Waals surface area (Å²) in [5.41, 5.74) is 7.83. The molecule has 0 saturated carbocycles. The third-order valence-electron chi connectivity index (χ3n) is 2.68. The first kappa shape index (κ1) is 15.1. The van der Waals surface area contributed by atoms with Gasteiger partial charge >= 0.3 is 0 Å². The maximum absolute atomic E-state index is 11.6. The number of thioether (sulfide) groups is 1. The number of rotatable bonds is 7. The second-order valence-corrected chi connectivity index (χ2v) is 5.89. The van der Waals surface area contributed by atoms with E-state index < -0.39 is 0 Å². The lowest BCUT2D eigenvalue weighted by Gasteiger charge is -2.10. The zero-order valence-corrected chi connectivity index (χ0v) is 11.9. The third kappa shape index (κ3) is 6.07. The van der Waals surface area contributed by atoms with Crippen molar-refractivity contribution < 1.29 is 4.79 Å². The Labute approximate surface area is 114 Å². The zero-order chi connectivity index (χ0) is 13.4. The molecule has 0 aliphatic rings. The SMILES string of the molecule is Cc1ccc(CNC(=O)CSC(C)CCN)cc1. The van der Waals surface area contributed by atoms with Crippen LogP contribution in [-0.4, -0.2) is 23.5 Å². The molecule has 0 aliphatic heterocycles. The number of carbonyl (C=O) groups excluding carboxylic acids is 1. The van der Waals surface area contributed by atoms with Crippen molar-refractivity contribution in [3.05, 3.63) is 35.4 Å². The highest BCUT2D eigenvalue weighted by atomic mass is 32.2. The van der Waals surface area contributed by atoms with E-state index >= 15 is 0 Å². The van der Waals surface area contributed by atoms with Gasteiger partial charge in [0, 0.05) is 11.8 Å². The lowest BCUT2D eigenvalue weighted by atomic mass is 10.1. The highest BCUT2D eigenvalue weighted by Crippen LogP contribution is 2.12. The summed E-state index contributed by atoms with van der Waals surface area (Å²) in [4.78, 5) is 11.6. The Kier molecular flexibility index (Phi) is 6.83. The number of benzene rings is 1. The van der Waals surface area contributed by atoms with Crippen molar-refractivity contribution in [1.82, 2.24) is 5.32 Å². The highest BCUT2D eigenvalue weighted by Gasteiger charge is 2.06. The molecule has 0 aliphatic carbocycles. The van der Waals surface area contributed by atoms with Gasteiger partial charge in [-0.1, -0.05) is 36.8 Å². The number of nitrogens with two attached hydrogens (primary N) is 1. The summed E-state index contributed by atoms with van der Waals surface area (Å²) in [6.07, 6.45) is 0.954. The first-order valence-electron chi connectivity index (χ1n) is 6.25. The number of nitrogens with one attached hydrogen (secondary N) is 1. The van der Waals surface area contributed by atoms with Gasteiger partial charge in [0.25, 0.3) is 0 Å². The van der Waals surface area contributed by atoms with Crippen molar-refractivity contribution >= 4 is 17.7 Å². The Morgan fingerprint density at radius 3 is 2.67 bits per heavy atom. The number of carbonyl (C=O) groups is 1. The predicted molar refractivity (Wildman–Crippen MR) is 78.6 cm³/mol. The number of hydrogen-bond donors (Lipinski definition) is 2. The van der Waals surface area contributed by atoms with Crippen molar-refractivity contribution in [3.8, 4) is 0 Å². The van der Waals surface area contributed by atoms with Crippen LogP contribution in [0.15, 0.2) is 24.3 Å². The Bertz CT molecular complexity index is 365. The molecule has 0 radical (unpaired) electrons. The van der Waals surface area contributed by atoms with E-state index in [1.54, 1.807) is 11.8 Å². The molecular weight excluding hydrogens is 244 g/mol. The molecule has 1 aromatic rings. The van der Waals surface area contributed by atoms with Crippen LogP contribution in [0.2, 0.25) is 0 Å². The van der Waals surface area contributed by atoms with Gasteiger partial charge in [0.2, 0.25) is 5.91 Å². The van der Waals surface area contributed by atoms with E-state index in [9.17, 15) is 4.79 Å². The van der Waals surface area contributed by atoms with E-state index in [4.69, 9.17) is 5.73 Å². The van der Waals surface area contributed by atoms with E-state index in [0.717, 1.165) is 12.0 Å². The molecule has 0 fully saturated rings. The first-order chi connectivity index (χ1) is 8.61. The van der Waals surface area contributed by atoms with Crippen molar-refractivity contribution in [2.45, 2.75) is 32.1 Å². The topological polar surface area (TPSA) is 55.1 Å². The predicted octanol–water partition coefficient (Wildman–Crippen LogP) is 2.08. The second kappa shape index (κ2) is 8.16. The molecule has 0 bridgehead atoms. The Hall–Kier alpha value is -1.00. The minimum atomic E-state index is 0.0875. The van der Waals surface area contributed by atoms with Crippen LogP contribution in [0.3, 0.4) is 0 Å². The van der Waals surface area contributed by atoms with E-state index in [1.165, 1.54) is 5.56 Å². The molecule has 1 rings (SSSR count). The summed E-state index contributed by atoms with van der Waals surface area (Å²) in [7, 11) is 0. The van der Waals surface area contributed by atoms with E-state index in [0.29, 0.717) is 24.1 Å². The molecule has 1 amide bonds. The van der Waals surface area contributed by atoms with Crippen molar-refractivity contribution in [2.75, 3.05) is 12.3 Å². The van der Waals surface area contributed by atoms with Crippen LogP contribution in [0.5, 0.6) is 0 Å². The van der Waals surface area contributed by atoms with Crippen LogP contribution in [0.1, 0.15) is 24.5 Å². The van der Waals surface area contributed by atoms with E-state index in [1.807, 2.05) is 12.1 Å². The second-order valence-electron chi connectivity index (χ2n) is 4.46. The van der Waals surface area contributed by atoms with Gasteiger partial charge in [-0.25, -0.2) is 0 Å². The summed E-state index contributed by atoms with van der Waals surface area (Å²) >= 11 is 1.65. The monoisotopic (exact) mass is 266 g/mol. The van der Waals surface area contributed by atoms with Gasteiger partial charge in [-0.2, -0.15) is 0 Å². The first-order valence-corrected chi connectivity index (χ1v) is 7.30. The molecule has 3 N–H and O–H groups in total. The maximum atomic E-state index is 11.6. The molecule has 18 heavy (non-hydrogen) atoms. The minimum absolute atomic E-state index is 0.0875. The van der Waals surface area contributed by atoms with Gasteiger partial charge in [0.15, 0.2) is 0 Å². The number of amides is 1. The van der Waals surface area contributed by atoms with Gasteiger partial charge in [-0.15, -0.1) is 11.8 Å². The van der Waals surface area contributed by atoms with E-state index in [-0.39, 0.29) is 5.91 Å². The van der Waals surface area contributed by atoms with Gasteiger partial charge in [-0.3, -0.25) is 4.79 Å². The average molecular weight is 266 g/mol. The molecule has 1 aromatic carbocycles. The summed E-state index contributed by atoms with van der Waals surface area (Å²) < 4.78 is 0. The molecule has 0 saturated heterocycles. The van der Waals surface area contributed by atoms with Gasteiger partial charge in [0.1, 0.15) is 0 Å². The fourth-order valence-electron chi connectivity index (χ4n) is 1.49. The summed E-state index contributed by atoms with van der Waals surface area (Å²) in [5, 5.41) is 3.37. The van der Waals surface area contributed by atoms with Crippen molar-refractivity contribution in [3.63, 3.8) is 0 Å². The largest absolute Gasteiger partial charge is 0.351 e. The van der Waals surface area contributed by atoms with Crippen LogP contribution in [-0.2, 0) is 11.3 Å². The zero-order valence-electron chi connectivity index (χ0n) is 11.1. The summed E-state index contributed by atoms with van der Waals surface area (Å²) in [6.45, 7) is 5.44. The third-order valence-corrected chi connectivity index (χ3v) is 3.92. The van der Waals surface area contributed by atoms with Gasteiger partial charge in [0.05, 0.1) is 5.75 Å². The van der Waals surface area contributed by atoms with Gasteiger partial charge in [-0.05, 0) is 25.5 Å². The fraction of sp³-hybridized carbons (Fsp3) is 0.500. The number of aryl methyl sites for hydroxylation is 1. The minimum Gasteiger partial charge on any atom is -0.351 e. The van der Waals surface area contributed by atoms with E-state index in [2.05, 4.69) is 31.3 Å². The number of hydrogen-bond acceptors (Lipinski definition) is 3. The Morgan fingerprint density at radius 1 is 1.39 bits per heavy atom. The van der Waals surface area contributed by atoms with Crippen LogP contribution in [0.4, 0.5) is 0 Å². The maximum Gasteiger partial charge on any atom is 0.230 e. The van der Waals surface area contributed by atoms with Crippen LogP contribution in [0.25, 0.3) is 0 Å². The van der Waals surface area contributed by atoms with Crippen LogP contribution < -0.4 is 11.1 Å². The molecule has 1 atom stereocenters. The molecule has 3 nitrogen and oxygen atoms in total. The molecule has 0 aromatic heterocycles. The van der Waals surface area contributed by atoms with Crippen LogP contribution >= 0.6 is 11.8 Å². The smallest absolute Gasteiger partial charge is 0.230 e. The summed E-state index contributed by atoms with van der Waals surface area (Å²) in [5.74, 6) is 0.594. The normalized spacial score (nSPS) is 12.2. The molecule has 1 unspecified atom stereocenters. The Morgan fingerprint density at radius 2 is 2.06 bits per heavy atom. The standard InChI is InChI=1S/C14H22N2OS/c1-11-3-5-13(6-4-11)9-16-14(17)10-18-12(2)7-8-15/h3-6,12H,7-10,15H2,1-2H3,(H,16,17). The fourth-order valence-corrected chi connectivity index (χ4v) is 2.33. The molecule has 0 spiro atoms. The van der Waals surface area contributed by atoms with Crippen LogP contribution in [0, 0.1) is 6.92 Å². The highest BCUT2D eigenvalue weighted by molar-refractivity contribution is 8.00. The van der Waals surface area contributed by atoms with Gasteiger partial charge < -0.3 is 11.1 Å². The van der Waals surface area contributed by atoms with Crippen molar-refractivity contribution in [2.24, 2.45) is 5.73 Å².